The minimum absolute atomic E-state index is 0.0700. The molecule has 0 atom stereocenters. The van der Waals surface area contributed by atoms with Crippen molar-refractivity contribution in [1.82, 2.24) is 0 Å². The van der Waals surface area contributed by atoms with Gasteiger partial charge >= 0.3 is 6.18 Å². The highest BCUT2D eigenvalue weighted by atomic mass is 19.4. The number of aromatic hydroxyl groups is 1. The monoisotopic (exact) mass is 378 g/mol. The Balaban J connectivity index is 2.00. The molecule has 0 aromatic heterocycles. The zero-order valence-corrected chi connectivity index (χ0v) is 13.8. The predicted octanol–water partition coefficient (Wildman–Crippen LogP) is 4.81. The van der Waals surface area contributed by atoms with E-state index in [2.05, 4.69) is 0 Å². The van der Waals surface area contributed by atoms with Crippen molar-refractivity contribution < 1.29 is 32.3 Å². The average molecular weight is 378 g/mol. The molecule has 0 fully saturated rings. The van der Waals surface area contributed by atoms with E-state index < -0.39 is 41.1 Å². The van der Waals surface area contributed by atoms with Crippen molar-refractivity contribution in [2.45, 2.75) is 12.6 Å². The van der Waals surface area contributed by atoms with Crippen LogP contribution < -0.4 is 0 Å². The Morgan fingerprint density at radius 3 is 2.11 bits per heavy atom. The average Bonchev–Trinajstić information content (AvgIpc) is 2.59. The lowest BCUT2D eigenvalue weighted by atomic mass is 10.1. The molecule has 0 unspecified atom stereocenters. The van der Waals surface area contributed by atoms with Crippen LogP contribution in [0.25, 0.3) is 12.2 Å². The topological polar surface area (TPSA) is 54.4 Å². The largest absolute Gasteiger partial charge is 0.508 e. The molecule has 0 aliphatic carbocycles. The van der Waals surface area contributed by atoms with Crippen LogP contribution in [0, 0.1) is 5.82 Å². The molecule has 2 rings (SSSR count). The molecular weight excluding hydrogens is 364 g/mol. The summed E-state index contributed by atoms with van der Waals surface area (Å²) in [6.07, 6.45) is -0.746. The lowest BCUT2D eigenvalue weighted by molar-refractivity contribution is -0.137. The molecule has 27 heavy (non-hydrogen) atoms. The third kappa shape index (κ3) is 6.22. The number of hydrogen-bond acceptors (Lipinski definition) is 3. The van der Waals surface area contributed by atoms with Gasteiger partial charge in [-0.05, 0) is 54.1 Å². The van der Waals surface area contributed by atoms with Gasteiger partial charge in [0.2, 0.25) is 0 Å². The maximum absolute atomic E-state index is 13.6. The number of alkyl halides is 3. The summed E-state index contributed by atoms with van der Waals surface area (Å²) in [6, 6.07) is 7.86. The summed E-state index contributed by atoms with van der Waals surface area (Å²) in [4.78, 5) is 23.5. The molecule has 2 aromatic carbocycles. The second kappa shape index (κ2) is 8.44. The molecule has 140 valence electrons. The molecule has 0 radical (unpaired) electrons. The van der Waals surface area contributed by atoms with Crippen LogP contribution in [-0.4, -0.2) is 16.7 Å². The van der Waals surface area contributed by atoms with E-state index in [0.717, 1.165) is 12.2 Å². The molecule has 0 saturated carbocycles. The second-order valence-corrected chi connectivity index (χ2v) is 5.60. The van der Waals surface area contributed by atoms with Crippen molar-refractivity contribution in [3.63, 3.8) is 0 Å². The maximum atomic E-state index is 13.6. The van der Waals surface area contributed by atoms with E-state index in [4.69, 9.17) is 5.11 Å². The molecule has 0 spiro atoms. The van der Waals surface area contributed by atoms with Crippen molar-refractivity contribution in [2.75, 3.05) is 0 Å². The molecule has 0 saturated heterocycles. The van der Waals surface area contributed by atoms with E-state index in [0.29, 0.717) is 23.8 Å². The highest BCUT2D eigenvalue weighted by Crippen LogP contribution is 2.30. The minimum atomic E-state index is -4.63. The van der Waals surface area contributed by atoms with Gasteiger partial charge in [-0.2, -0.15) is 13.2 Å². The van der Waals surface area contributed by atoms with E-state index in [1.54, 1.807) is 12.1 Å². The highest BCUT2D eigenvalue weighted by Gasteiger charge is 2.30. The first-order chi connectivity index (χ1) is 12.6. The number of benzene rings is 2. The van der Waals surface area contributed by atoms with Gasteiger partial charge in [0.15, 0.2) is 11.6 Å². The fourth-order valence-corrected chi connectivity index (χ4v) is 2.09. The number of halogens is 4. The molecule has 0 bridgehead atoms. The Morgan fingerprint density at radius 1 is 0.926 bits per heavy atom. The van der Waals surface area contributed by atoms with E-state index in [1.807, 2.05) is 0 Å². The molecule has 3 nitrogen and oxygen atoms in total. The number of phenols is 1. The van der Waals surface area contributed by atoms with Gasteiger partial charge in [0.05, 0.1) is 12.0 Å². The van der Waals surface area contributed by atoms with Crippen molar-refractivity contribution in [2.24, 2.45) is 0 Å². The Morgan fingerprint density at radius 2 is 1.52 bits per heavy atom. The molecule has 1 N–H and O–H groups in total. The zero-order chi connectivity index (χ0) is 20.0. The molecule has 0 amide bonds. The number of phenolic OH excluding ortho intramolecular Hbond substituents is 1. The molecular formula is C20H14F4O3. The summed E-state index contributed by atoms with van der Waals surface area (Å²) in [5.41, 5.74) is -0.802. The highest BCUT2D eigenvalue weighted by molar-refractivity contribution is 6.10. The van der Waals surface area contributed by atoms with Gasteiger partial charge in [-0.15, -0.1) is 0 Å². The molecule has 0 heterocycles. The van der Waals surface area contributed by atoms with Crippen LogP contribution in [0.1, 0.15) is 23.1 Å². The summed E-state index contributed by atoms with van der Waals surface area (Å²) in [5.74, 6) is -2.04. The minimum Gasteiger partial charge on any atom is -0.508 e. The van der Waals surface area contributed by atoms with E-state index >= 15 is 0 Å². The van der Waals surface area contributed by atoms with Crippen molar-refractivity contribution in [3.8, 4) is 5.75 Å². The quantitative estimate of drug-likeness (QED) is 0.446. The number of carbonyl (C=O) groups is 2. The smallest absolute Gasteiger partial charge is 0.416 e. The van der Waals surface area contributed by atoms with Crippen LogP contribution in [0.4, 0.5) is 17.6 Å². The standard InChI is InChI=1S/C20H14F4O3/c21-19-10-5-15(20(22,23)24)11-14(19)4-9-18(27)12-17(26)8-3-13-1-6-16(25)7-2-13/h1-11,25H,12H2. The normalized spacial score (nSPS) is 12.0. The number of hydrogen-bond donors (Lipinski definition) is 1. The lowest BCUT2D eigenvalue weighted by Crippen LogP contribution is -2.05. The Kier molecular flexibility index (Phi) is 6.28. The van der Waals surface area contributed by atoms with Crippen molar-refractivity contribution in [3.05, 3.63) is 77.1 Å². The zero-order valence-electron chi connectivity index (χ0n) is 13.8. The van der Waals surface area contributed by atoms with Crippen LogP contribution >= 0.6 is 0 Å². The third-order valence-corrected chi connectivity index (χ3v) is 3.48. The van der Waals surface area contributed by atoms with Crippen LogP contribution in [0.15, 0.2) is 54.6 Å². The third-order valence-electron chi connectivity index (χ3n) is 3.48. The van der Waals surface area contributed by atoms with Crippen LogP contribution in [0.2, 0.25) is 0 Å². The fourth-order valence-electron chi connectivity index (χ4n) is 2.09. The van der Waals surface area contributed by atoms with Gasteiger partial charge in [-0.1, -0.05) is 18.2 Å². The van der Waals surface area contributed by atoms with Crippen LogP contribution in [0.3, 0.4) is 0 Å². The molecule has 0 aliphatic rings. The van der Waals surface area contributed by atoms with Crippen LogP contribution in [0.5, 0.6) is 5.75 Å². The first-order valence-corrected chi connectivity index (χ1v) is 7.73. The molecule has 2 aromatic rings. The van der Waals surface area contributed by atoms with Gasteiger partial charge in [-0.25, -0.2) is 4.39 Å². The molecule has 7 heteroatoms. The number of carbonyl (C=O) groups excluding carboxylic acids is 2. The summed E-state index contributed by atoms with van der Waals surface area (Å²) < 4.78 is 51.5. The number of allylic oxidation sites excluding steroid dienone is 2. The fraction of sp³-hybridized carbons (Fsp3) is 0.100. The first kappa shape index (κ1) is 20.1. The van der Waals surface area contributed by atoms with Crippen LogP contribution in [-0.2, 0) is 15.8 Å². The van der Waals surface area contributed by atoms with Gasteiger partial charge in [-0.3, -0.25) is 9.59 Å². The summed E-state index contributed by atoms with van der Waals surface area (Å²) >= 11 is 0. The van der Waals surface area contributed by atoms with Gasteiger partial charge in [0.1, 0.15) is 11.6 Å². The number of rotatable bonds is 6. The lowest BCUT2D eigenvalue weighted by Gasteiger charge is -2.07. The van der Waals surface area contributed by atoms with E-state index in [9.17, 15) is 27.2 Å². The summed E-state index contributed by atoms with van der Waals surface area (Å²) in [5, 5.41) is 9.15. The van der Waals surface area contributed by atoms with E-state index in [-0.39, 0.29) is 5.75 Å². The summed E-state index contributed by atoms with van der Waals surface area (Å²) in [6.45, 7) is 0. The summed E-state index contributed by atoms with van der Waals surface area (Å²) in [7, 11) is 0. The second-order valence-electron chi connectivity index (χ2n) is 5.60. The Bertz CT molecular complexity index is 894. The Hall–Kier alpha value is -3.22. The van der Waals surface area contributed by atoms with Crippen molar-refractivity contribution in [1.29, 1.82) is 0 Å². The number of ketones is 2. The SMILES string of the molecule is O=C(C=Cc1ccc(O)cc1)CC(=O)C=Cc1cc(C(F)(F)F)ccc1F. The first-order valence-electron chi connectivity index (χ1n) is 7.73. The molecule has 0 aliphatic heterocycles. The Labute approximate surface area is 152 Å². The van der Waals surface area contributed by atoms with Gasteiger partial charge < -0.3 is 5.11 Å². The van der Waals surface area contributed by atoms with Gasteiger partial charge in [0, 0.05) is 5.56 Å². The van der Waals surface area contributed by atoms with E-state index in [1.165, 1.54) is 24.3 Å². The predicted molar refractivity (Wildman–Crippen MR) is 92.2 cm³/mol. The maximum Gasteiger partial charge on any atom is 0.416 e. The van der Waals surface area contributed by atoms with Gasteiger partial charge in [0.25, 0.3) is 0 Å². The van der Waals surface area contributed by atoms with Crippen molar-refractivity contribution >= 4 is 23.7 Å².